The molecule has 1 aromatic heterocycles. The Labute approximate surface area is 205 Å². The van der Waals surface area contributed by atoms with Crippen LogP contribution < -0.4 is 0 Å². The SMILES string of the molecule is CN1CCC(OC(=O)[C@@H]2C[C@]3(C)O[C@@]2(C)c2c3c(O)n(-c3ccc(C#N)c(C(F)(F)F)c3)c2O)CC1. The number of hydrogen-bond acceptors (Lipinski definition) is 7. The van der Waals surface area contributed by atoms with Crippen molar-refractivity contribution in [2.75, 3.05) is 20.1 Å². The normalized spacial score (nSPS) is 28.2. The topological polar surface area (TPSA) is 108 Å². The maximum absolute atomic E-state index is 13.5. The number of rotatable bonds is 3. The lowest BCUT2D eigenvalue weighted by atomic mass is 9.72. The Morgan fingerprint density at radius 2 is 1.83 bits per heavy atom. The van der Waals surface area contributed by atoms with Gasteiger partial charge in [-0.15, -0.1) is 0 Å². The van der Waals surface area contributed by atoms with Crippen molar-refractivity contribution in [2.45, 2.75) is 56.6 Å². The van der Waals surface area contributed by atoms with Crippen molar-refractivity contribution in [1.82, 2.24) is 9.47 Å². The molecular weight excluding hydrogens is 479 g/mol. The number of hydrogen-bond donors (Lipinski definition) is 2. The summed E-state index contributed by atoms with van der Waals surface area (Å²) in [5.74, 6) is -2.25. The molecule has 0 unspecified atom stereocenters. The molecule has 5 rings (SSSR count). The molecule has 2 aromatic rings. The molecule has 2 saturated heterocycles. The van der Waals surface area contributed by atoms with E-state index in [4.69, 9.17) is 14.7 Å². The fourth-order valence-electron chi connectivity index (χ4n) is 5.97. The Kier molecular flexibility index (Phi) is 5.36. The van der Waals surface area contributed by atoms with Crippen molar-refractivity contribution >= 4 is 5.97 Å². The molecular formula is C25H26F3N3O5. The highest BCUT2D eigenvalue weighted by molar-refractivity contribution is 5.78. The summed E-state index contributed by atoms with van der Waals surface area (Å²) in [7, 11) is 2.00. The smallest absolute Gasteiger partial charge is 0.417 e. The fraction of sp³-hybridized carbons (Fsp3) is 0.520. The van der Waals surface area contributed by atoms with Gasteiger partial charge >= 0.3 is 12.1 Å². The van der Waals surface area contributed by atoms with Gasteiger partial charge in [0.15, 0.2) is 0 Å². The van der Waals surface area contributed by atoms with Gasteiger partial charge in [-0.05, 0) is 58.4 Å². The first-order chi connectivity index (χ1) is 16.8. The van der Waals surface area contributed by atoms with Gasteiger partial charge in [0.25, 0.3) is 0 Å². The number of carbonyl (C=O) groups is 1. The number of aromatic hydroxyl groups is 2. The Morgan fingerprint density at radius 3 is 2.44 bits per heavy atom. The number of nitrogens with zero attached hydrogens (tertiary/aromatic N) is 3. The van der Waals surface area contributed by atoms with E-state index in [0.717, 1.165) is 23.7 Å². The maximum Gasteiger partial charge on any atom is 0.417 e. The molecule has 2 N–H and O–H groups in total. The second kappa shape index (κ2) is 7.88. The van der Waals surface area contributed by atoms with E-state index in [9.17, 15) is 28.2 Å². The van der Waals surface area contributed by atoms with E-state index in [-0.39, 0.29) is 29.3 Å². The molecule has 3 atom stereocenters. The number of likely N-dealkylation sites (tertiary alicyclic amines) is 1. The van der Waals surface area contributed by atoms with E-state index in [1.807, 2.05) is 7.05 Å². The number of halogens is 3. The van der Waals surface area contributed by atoms with Crippen LogP contribution in [0.5, 0.6) is 11.8 Å². The van der Waals surface area contributed by atoms with E-state index in [0.29, 0.717) is 18.9 Å². The van der Waals surface area contributed by atoms with E-state index < -0.39 is 52.2 Å². The van der Waals surface area contributed by atoms with E-state index in [1.54, 1.807) is 13.8 Å². The molecule has 0 aliphatic carbocycles. The molecule has 2 bridgehead atoms. The minimum absolute atomic E-state index is 0.150. The summed E-state index contributed by atoms with van der Waals surface area (Å²) in [6.45, 7) is 4.90. The van der Waals surface area contributed by atoms with Crippen LogP contribution in [0.2, 0.25) is 0 Å². The highest BCUT2D eigenvalue weighted by atomic mass is 19.4. The van der Waals surface area contributed by atoms with Crippen LogP contribution in [-0.2, 0) is 31.6 Å². The highest BCUT2D eigenvalue weighted by Crippen LogP contribution is 2.66. The van der Waals surface area contributed by atoms with Crippen LogP contribution in [0, 0.1) is 17.2 Å². The van der Waals surface area contributed by atoms with Crippen LogP contribution >= 0.6 is 0 Å². The summed E-state index contributed by atoms with van der Waals surface area (Å²) in [5.41, 5.74) is -4.08. The lowest BCUT2D eigenvalue weighted by Gasteiger charge is -2.32. The summed E-state index contributed by atoms with van der Waals surface area (Å²) in [5, 5.41) is 31.3. The van der Waals surface area contributed by atoms with Gasteiger partial charge in [-0.25, -0.2) is 0 Å². The molecule has 4 heterocycles. The zero-order chi connectivity index (χ0) is 26.2. The molecule has 192 valence electrons. The number of ether oxygens (including phenoxy) is 2. The van der Waals surface area contributed by atoms with Crippen molar-refractivity contribution in [3.8, 4) is 23.5 Å². The Balaban J connectivity index is 1.54. The van der Waals surface area contributed by atoms with Gasteiger partial charge < -0.3 is 24.6 Å². The lowest BCUT2D eigenvalue weighted by molar-refractivity contribution is -0.163. The standard InChI is InChI=1S/C25H26F3N3O5/c1-23-11-17(22(34)35-15-6-8-30(3)9-7-15)24(2,36-23)19-18(23)20(32)31(21(19)33)14-5-4-13(12-29)16(10-14)25(26,27)28/h4-5,10,15,17,32-33H,6-9,11H2,1-3H3/t17-,23-,24+/m0/s1. The average molecular weight is 505 g/mol. The van der Waals surface area contributed by atoms with E-state index in [1.165, 1.54) is 12.1 Å². The van der Waals surface area contributed by atoms with Crippen molar-refractivity contribution in [3.63, 3.8) is 0 Å². The van der Waals surface area contributed by atoms with Crippen LogP contribution in [0.15, 0.2) is 18.2 Å². The van der Waals surface area contributed by atoms with Gasteiger partial charge in [0.05, 0.1) is 45.5 Å². The maximum atomic E-state index is 13.5. The molecule has 3 aliphatic heterocycles. The second-order valence-corrected chi connectivity index (χ2v) is 10.2. The number of benzene rings is 1. The average Bonchev–Trinajstić information content (AvgIpc) is 3.35. The third-order valence-electron chi connectivity index (χ3n) is 7.76. The summed E-state index contributed by atoms with van der Waals surface area (Å²) in [6.07, 6.45) is -3.45. The first-order valence-electron chi connectivity index (χ1n) is 11.7. The van der Waals surface area contributed by atoms with E-state index >= 15 is 0 Å². The summed E-state index contributed by atoms with van der Waals surface area (Å²) in [6, 6.07) is 4.41. The van der Waals surface area contributed by atoms with Gasteiger partial charge in [0, 0.05) is 13.1 Å². The molecule has 2 fully saturated rings. The molecule has 8 nitrogen and oxygen atoms in total. The quantitative estimate of drug-likeness (QED) is 0.610. The lowest BCUT2D eigenvalue weighted by Crippen LogP contribution is -2.40. The predicted molar refractivity (Wildman–Crippen MR) is 119 cm³/mol. The Hall–Kier alpha value is -3.23. The van der Waals surface area contributed by atoms with Crippen LogP contribution in [0.25, 0.3) is 5.69 Å². The van der Waals surface area contributed by atoms with Crippen LogP contribution in [0.3, 0.4) is 0 Å². The van der Waals surface area contributed by atoms with Crippen molar-refractivity contribution in [3.05, 3.63) is 40.5 Å². The number of fused-ring (bicyclic) bond motifs is 5. The number of nitriles is 1. The summed E-state index contributed by atoms with van der Waals surface area (Å²) in [4.78, 5) is 15.4. The van der Waals surface area contributed by atoms with Gasteiger partial charge in [0.2, 0.25) is 11.8 Å². The second-order valence-electron chi connectivity index (χ2n) is 10.2. The fourth-order valence-corrected chi connectivity index (χ4v) is 5.97. The van der Waals surface area contributed by atoms with Gasteiger partial charge in [-0.3, -0.25) is 9.36 Å². The van der Waals surface area contributed by atoms with Crippen molar-refractivity contribution in [1.29, 1.82) is 5.26 Å². The first-order valence-corrected chi connectivity index (χ1v) is 11.7. The predicted octanol–water partition coefficient (Wildman–Crippen LogP) is 3.90. The molecule has 0 amide bonds. The van der Waals surface area contributed by atoms with Gasteiger partial charge in [0.1, 0.15) is 11.7 Å². The van der Waals surface area contributed by atoms with Crippen LogP contribution in [0.4, 0.5) is 13.2 Å². The molecule has 36 heavy (non-hydrogen) atoms. The number of piperidine rings is 1. The molecule has 0 spiro atoms. The van der Waals surface area contributed by atoms with Crippen molar-refractivity contribution in [2.24, 2.45) is 5.92 Å². The minimum atomic E-state index is -4.81. The molecule has 1 aromatic carbocycles. The third kappa shape index (κ3) is 3.46. The molecule has 3 aliphatic rings. The largest absolute Gasteiger partial charge is 0.494 e. The zero-order valence-electron chi connectivity index (χ0n) is 20.0. The monoisotopic (exact) mass is 505 g/mol. The number of esters is 1. The minimum Gasteiger partial charge on any atom is -0.494 e. The summed E-state index contributed by atoms with van der Waals surface area (Å²) < 4.78 is 53.5. The van der Waals surface area contributed by atoms with Gasteiger partial charge in [-0.2, -0.15) is 18.4 Å². The number of carbonyl (C=O) groups excluding carboxylic acids is 1. The Morgan fingerprint density at radius 1 is 1.19 bits per heavy atom. The number of aromatic nitrogens is 1. The van der Waals surface area contributed by atoms with Crippen LogP contribution in [0.1, 0.15) is 55.4 Å². The molecule has 11 heteroatoms. The van der Waals surface area contributed by atoms with Gasteiger partial charge in [-0.1, -0.05) is 0 Å². The number of alkyl halides is 3. The first kappa shape index (κ1) is 24.5. The highest BCUT2D eigenvalue weighted by Gasteiger charge is 2.67. The van der Waals surface area contributed by atoms with E-state index in [2.05, 4.69) is 4.90 Å². The Bertz CT molecular complexity index is 1290. The van der Waals surface area contributed by atoms with Crippen molar-refractivity contribution < 1.29 is 37.7 Å². The van der Waals surface area contributed by atoms with Crippen LogP contribution in [-0.4, -0.2) is 51.9 Å². The molecule has 0 saturated carbocycles. The molecule has 0 radical (unpaired) electrons. The summed E-state index contributed by atoms with van der Waals surface area (Å²) >= 11 is 0. The third-order valence-corrected chi connectivity index (χ3v) is 7.76. The zero-order valence-corrected chi connectivity index (χ0v) is 20.0.